The monoisotopic (exact) mass is 396 g/mol. The molecule has 0 aliphatic rings. The lowest BCUT2D eigenvalue weighted by atomic mass is 10.2. The van der Waals surface area contributed by atoms with Crippen LogP contribution in [-0.2, 0) is 10.0 Å². The van der Waals surface area contributed by atoms with E-state index < -0.39 is 44.0 Å². The summed E-state index contributed by atoms with van der Waals surface area (Å²) in [5, 5.41) is 15.5. The van der Waals surface area contributed by atoms with Gasteiger partial charge in [0.15, 0.2) is 0 Å². The molecule has 0 aliphatic carbocycles. The van der Waals surface area contributed by atoms with E-state index in [9.17, 15) is 32.5 Å². The summed E-state index contributed by atoms with van der Waals surface area (Å²) in [5.41, 5.74) is -1.04. The Morgan fingerprint density at radius 2 is 1.74 bits per heavy atom. The van der Waals surface area contributed by atoms with Gasteiger partial charge in [-0.15, -0.1) is 0 Å². The Hall–Kier alpha value is -3.54. The molecular formula is C15H13FN4O6S. The number of hydrogen-bond acceptors (Lipinski definition) is 6. The van der Waals surface area contributed by atoms with Gasteiger partial charge in [0.1, 0.15) is 0 Å². The number of nitrogens with one attached hydrogen (secondary N) is 3. The maximum Gasteiger partial charge on any atom is 0.318 e. The zero-order valence-electron chi connectivity index (χ0n) is 13.7. The van der Waals surface area contributed by atoms with Crippen molar-refractivity contribution in [3.63, 3.8) is 0 Å². The number of carbonyl (C=O) groups is 2. The second kappa shape index (κ2) is 7.78. The Kier molecular flexibility index (Phi) is 5.70. The van der Waals surface area contributed by atoms with Crippen LogP contribution in [0.4, 0.5) is 20.6 Å². The van der Waals surface area contributed by atoms with Crippen LogP contribution < -0.4 is 15.4 Å². The topological polar surface area (TPSA) is 148 Å². The van der Waals surface area contributed by atoms with Gasteiger partial charge in [0.05, 0.1) is 9.82 Å². The van der Waals surface area contributed by atoms with Crippen LogP contribution in [-0.4, -0.2) is 32.3 Å². The Morgan fingerprint density at radius 1 is 1.11 bits per heavy atom. The van der Waals surface area contributed by atoms with Crippen LogP contribution in [0.3, 0.4) is 0 Å². The average molecular weight is 396 g/mol. The number of anilines is 1. The number of amides is 3. The zero-order valence-corrected chi connectivity index (χ0v) is 14.5. The number of nitro benzene ring substituents is 1. The van der Waals surface area contributed by atoms with Crippen LogP contribution in [0.25, 0.3) is 0 Å². The predicted molar refractivity (Wildman–Crippen MR) is 92.2 cm³/mol. The second-order valence-corrected chi connectivity index (χ2v) is 6.77. The van der Waals surface area contributed by atoms with E-state index in [4.69, 9.17) is 0 Å². The molecule has 0 aliphatic heterocycles. The zero-order chi connectivity index (χ0) is 20.2. The highest BCUT2D eigenvalue weighted by Gasteiger charge is 2.22. The van der Waals surface area contributed by atoms with Gasteiger partial charge in [-0.2, -0.15) is 4.39 Å². The first-order chi connectivity index (χ1) is 12.6. The van der Waals surface area contributed by atoms with Crippen LogP contribution in [0.2, 0.25) is 0 Å². The average Bonchev–Trinajstić information content (AvgIpc) is 2.61. The van der Waals surface area contributed by atoms with Gasteiger partial charge in [0.25, 0.3) is 15.9 Å². The van der Waals surface area contributed by atoms with Crippen molar-refractivity contribution >= 4 is 33.3 Å². The second-order valence-electron chi connectivity index (χ2n) is 5.09. The molecule has 10 nitrogen and oxygen atoms in total. The van der Waals surface area contributed by atoms with E-state index in [0.717, 1.165) is 18.2 Å². The molecule has 0 atom stereocenters. The third kappa shape index (κ3) is 4.76. The van der Waals surface area contributed by atoms with Crippen molar-refractivity contribution in [1.29, 1.82) is 0 Å². The van der Waals surface area contributed by atoms with Crippen molar-refractivity contribution in [1.82, 2.24) is 10.0 Å². The fourth-order valence-electron chi connectivity index (χ4n) is 1.94. The summed E-state index contributed by atoms with van der Waals surface area (Å²) in [6.45, 7) is 0. The minimum atomic E-state index is -4.29. The molecular weight excluding hydrogens is 383 g/mol. The molecule has 12 heteroatoms. The van der Waals surface area contributed by atoms with Crippen molar-refractivity contribution in [2.45, 2.75) is 4.90 Å². The molecule has 27 heavy (non-hydrogen) atoms. The molecule has 3 N–H and O–H groups in total. The van der Waals surface area contributed by atoms with E-state index in [1.165, 1.54) is 19.2 Å². The minimum Gasteiger partial charge on any atom is -0.341 e. The summed E-state index contributed by atoms with van der Waals surface area (Å²) in [4.78, 5) is 32.7. The van der Waals surface area contributed by atoms with Gasteiger partial charge in [-0.05, 0) is 36.4 Å². The van der Waals surface area contributed by atoms with Gasteiger partial charge in [-0.25, -0.2) is 17.9 Å². The fraction of sp³-hybridized carbons (Fsp3) is 0.0667. The first kappa shape index (κ1) is 19.8. The van der Waals surface area contributed by atoms with Crippen molar-refractivity contribution < 1.29 is 27.3 Å². The molecule has 0 saturated heterocycles. The van der Waals surface area contributed by atoms with E-state index >= 15 is 0 Å². The molecule has 0 bridgehead atoms. The standard InChI is InChI=1S/C15H13FN4O6S/c1-17-15(22)18-10-3-5-11(6-4-10)27(25,26)19-14(21)9-2-7-12(16)13(8-9)20(23)24/h2-8H,1H3,(H,19,21)(H2,17,18,22). The van der Waals surface area contributed by atoms with Gasteiger partial charge in [-0.1, -0.05) is 0 Å². The van der Waals surface area contributed by atoms with E-state index in [0.29, 0.717) is 17.8 Å². The summed E-state index contributed by atoms with van der Waals surface area (Å²) in [7, 11) is -2.89. The Labute approximate surface area is 152 Å². The van der Waals surface area contributed by atoms with Gasteiger partial charge < -0.3 is 10.6 Å². The van der Waals surface area contributed by atoms with E-state index in [2.05, 4.69) is 10.6 Å². The highest BCUT2D eigenvalue weighted by atomic mass is 32.2. The molecule has 0 spiro atoms. The first-order valence-electron chi connectivity index (χ1n) is 7.24. The quantitative estimate of drug-likeness (QED) is 0.516. The number of sulfonamides is 1. The maximum absolute atomic E-state index is 13.3. The molecule has 2 aromatic carbocycles. The van der Waals surface area contributed by atoms with Crippen molar-refractivity contribution in [3.8, 4) is 0 Å². The van der Waals surface area contributed by atoms with Gasteiger partial charge in [0.2, 0.25) is 5.82 Å². The lowest BCUT2D eigenvalue weighted by Gasteiger charge is -2.09. The summed E-state index contributed by atoms with van der Waals surface area (Å²) in [6, 6.07) is 6.64. The van der Waals surface area contributed by atoms with E-state index in [1.54, 1.807) is 4.72 Å². The smallest absolute Gasteiger partial charge is 0.318 e. The number of nitrogens with zero attached hydrogens (tertiary/aromatic N) is 1. The summed E-state index contributed by atoms with van der Waals surface area (Å²) in [5.74, 6) is -2.32. The molecule has 0 unspecified atom stereocenters. The van der Waals surface area contributed by atoms with Crippen LogP contribution >= 0.6 is 0 Å². The number of urea groups is 1. The van der Waals surface area contributed by atoms with E-state index in [-0.39, 0.29) is 4.90 Å². The molecule has 0 radical (unpaired) electrons. The molecule has 0 heterocycles. The lowest BCUT2D eigenvalue weighted by molar-refractivity contribution is -0.387. The largest absolute Gasteiger partial charge is 0.341 e. The van der Waals surface area contributed by atoms with Crippen LogP contribution in [0, 0.1) is 15.9 Å². The molecule has 2 rings (SSSR count). The number of halogens is 1. The normalized spacial score (nSPS) is 10.7. The van der Waals surface area contributed by atoms with Crippen molar-refractivity contribution in [3.05, 3.63) is 64.0 Å². The van der Waals surface area contributed by atoms with E-state index in [1.807, 2.05) is 0 Å². The highest BCUT2D eigenvalue weighted by Crippen LogP contribution is 2.19. The maximum atomic E-state index is 13.3. The summed E-state index contributed by atoms with van der Waals surface area (Å²) in [6.07, 6.45) is 0. The van der Waals surface area contributed by atoms with Gasteiger partial charge in [0, 0.05) is 24.4 Å². The Balaban J connectivity index is 2.20. The van der Waals surface area contributed by atoms with Crippen LogP contribution in [0.15, 0.2) is 47.4 Å². The van der Waals surface area contributed by atoms with Crippen molar-refractivity contribution in [2.75, 3.05) is 12.4 Å². The number of carbonyl (C=O) groups excluding carboxylic acids is 2. The third-order valence-corrected chi connectivity index (χ3v) is 4.63. The number of hydrogen-bond donors (Lipinski definition) is 3. The summed E-state index contributed by atoms with van der Waals surface area (Å²) < 4.78 is 39.6. The molecule has 3 amide bonds. The predicted octanol–water partition coefficient (Wildman–Crippen LogP) is 1.60. The Morgan fingerprint density at radius 3 is 2.30 bits per heavy atom. The lowest BCUT2D eigenvalue weighted by Crippen LogP contribution is -2.30. The van der Waals surface area contributed by atoms with Crippen molar-refractivity contribution in [2.24, 2.45) is 0 Å². The first-order valence-corrected chi connectivity index (χ1v) is 8.72. The third-order valence-electron chi connectivity index (χ3n) is 3.28. The fourth-order valence-corrected chi connectivity index (χ4v) is 2.92. The van der Waals surface area contributed by atoms with Crippen LogP contribution in [0.5, 0.6) is 0 Å². The van der Waals surface area contributed by atoms with Crippen LogP contribution in [0.1, 0.15) is 10.4 Å². The summed E-state index contributed by atoms with van der Waals surface area (Å²) >= 11 is 0. The Bertz CT molecular complexity index is 1010. The molecule has 142 valence electrons. The number of benzene rings is 2. The van der Waals surface area contributed by atoms with Gasteiger partial charge >= 0.3 is 11.7 Å². The van der Waals surface area contributed by atoms with Gasteiger partial charge in [-0.3, -0.25) is 14.9 Å². The molecule has 0 aromatic heterocycles. The minimum absolute atomic E-state index is 0.282. The number of nitro groups is 1. The highest BCUT2D eigenvalue weighted by molar-refractivity contribution is 7.90. The molecule has 0 saturated carbocycles. The SMILES string of the molecule is CNC(=O)Nc1ccc(S(=O)(=O)NC(=O)c2ccc(F)c([N+](=O)[O-])c2)cc1. The number of rotatable bonds is 5. The molecule has 2 aromatic rings. The molecule has 0 fully saturated rings.